The van der Waals surface area contributed by atoms with Crippen molar-refractivity contribution in [2.75, 3.05) is 6.54 Å². The van der Waals surface area contributed by atoms with E-state index in [4.69, 9.17) is 0 Å². The Labute approximate surface area is 125 Å². The summed E-state index contributed by atoms with van der Waals surface area (Å²) in [5.41, 5.74) is 3.61. The van der Waals surface area contributed by atoms with Crippen molar-refractivity contribution < 1.29 is 0 Å². The molecule has 2 atom stereocenters. The quantitative estimate of drug-likeness (QED) is 0.830. The maximum absolute atomic E-state index is 3.65. The standard InChI is InChI=1S/C19H31N/c1-14(2)11-15-7-9-16(10-8-15)19(6)12-17(19)13-20-18(3,4)5/h7-10,14,17,20H,11-13H2,1-6H3. The van der Waals surface area contributed by atoms with Gasteiger partial charge in [-0.3, -0.25) is 0 Å². The van der Waals surface area contributed by atoms with E-state index in [1.54, 1.807) is 0 Å². The molecule has 0 radical (unpaired) electrons. The first-order chi connectivity index (χ1) is 9.21. The predicted molar refractivity (Wildman–Crippen MR) is 88.2 cm³/mol. The largest absolute Gasteiger partial charge is 0.312 e. The minimum atomic E-state index is 0.227. The minimum Gasteiger partial charge on any atom is -0.312 e. The lowest BCUT2D eigenvalue weighted by Crippen LogP contribution is -2.37. The highest BCUT2D eigenvalue weighted by Gasteiger charge is 2.50. The molecule has 1 N–H and O–H groups in total. The van der Waals surface area contributed by atoms with Gasteiger partial charge in [-0.25, -0.2) is 0 Å². The molecule has 1 heteroatoms. The highest BCUT2D eigenvalue weighted by Crippen LogP contribution is 2.53. The second kappa shape index (κ2) is 5.52. The number of nitrogens with one attached hydrogen (secondary N) is 1. The van der Waals surface area contributed by atoms with Crippen LogP contribution in [0.4, 0.5) is 0 Å². The first kappa shape index (κ1) is 15.6. The Hall–Kier alpha value is -0.820. The zero-order chi connectivity index (χ0) is 15.0. The smallest absolute Gasteiger partial charge is 0.00966 e. The molecule has 0 saturated heterocycles. The molecular formula is C19H31N. The average molecular weight is 273 g/mol. The van der Waals surface area contributed by atoms with E-state index in [0.717, 1.165) is 18.4 Å². The molecule has 1 saturated carbocycles. The van der Waals surface area contributed by atoms with E-state index >= 15 is 0 Å². The fourth-order valence-corrected chi connectivity index (χ4v) is 3.03. The van der Waals surface area contributed by atoms with Gasteiger partial charge in [0.15, 0.2) is 0 Å². The molecule has 1 aromatic rings. The summed E-state index contributed by atoms with van der Waals surface area (Å²) in [5, 5.41) is 3.65. The van der Waals surface area contributed by atoms with E-state index < -0.39 is 0 Å². The van der Waals surface area contributed by atoms with Crippen molar-refractivity contribution in [3.8, 4) is 0 Å². The maximum atomic E-state index is 3.65. The van der Waals surface area contributed by atoms with Crippen LogP contribution in [0, 0.1) is 11.8 Å². The van der Waals surface area contributed by atoms with Crippen molar-refractivity contribution in [3.63, 3.8) is 0 Å². The third-order valence-electron chi connectivity index (χ3n) is 4.55. The van der Waals surface area contributed by atoms with Gasteiger partial charge in [0.1, 0.15) is 0 Å². The van der Waals surface area contributed by atoms with Crippen LogP contribution in [0.15, 0.2) is 24.3 Å². The zero-order valence-electron chi connectivity index (χ0n) is 14.1. The van der Waals surface area contributed by atoms with Gasteiger partial charge in [-0.15, -0.1) is 0 Å². The minimum absolute atomic E-state index is 0.227. The number of hydrogen-bond donors (Lipinski definition) is 1. The van der Waals surface area contributed by atoms with Crippen molar-refractivity contribution >= 4 is 0 Å². The Bertz CT molecular complexity index is 438. The summed E-state index contributed by atoms with van der Waals surface area (Å²) in [4.78, 5) is 0. The Morgan fingerprint density at radius 3 is 2.30 bits per heavy atom. The second-order valence-corrected chi connectivity index (χ2v) is 8.24. The third kappa shape index (κ3) is 3.85. The number of rotatable bonds is 5. The summed E-state index contributed by atoms with van der Waals surface area (Å²) in [7, 11) is 0. The van der Waals surface area contributed by atoms with Gasteiger partial charge in [-0.1, -0.05) is 45.0 Å². The van der Waals surface area contributed by atoms with Crippen LogP contribution < -0.4 is 5.32 Å². The van der Waals surface area contributed by atoms with E-state index in [0.29, 0.717) is 5.41 Å². The number of benzene rings is 1. The molecule has 1 nitrogen and oxygen atoms in total. The van der Waals surface area contributed by atoms with Crippen molar-refractivity contribution in [3.05, 3.63) is 35.4 Å². The van der Waals surface area contributed by atoms with Gasteiger partial charge >= 0.3 is 0 Å². The highest BCUT2D eigenvalue weighted by molar-refractivity contribution is 5.35. The molecule has 0 aromatic heterocycles. The normalized spacial score (nSPS) is 26.1. The summed E-state index contributed by atoms with van der Waals surface area (Å²) in [6, 6.07) is 9.36. The first-order valence-corrected chi connectivity index (χ1v) is 8.05. The first-order valence-electron chi connectivity index (χ1n) is 8.05. The molecule has 0 heterocycles. The molecule has 1 aliphatic rings. The van der Waals surface area contributed by atoms with Gasteiger partial charge in [0, 0.05) is 5.54 Å². The molecule has 1 fully saturated rings. The van der Waals surface area contributed by atoms with Gasteiger partial charge < -0.3 is 5.32 Å². The van der Waals surface area contributed by atoms with Crippen molar-refractivity contribution in [2.45, 2.75) is 65.3 Å². The maximum Gasteiger partial charge on any atom is 0.00966 e. The van der Waals surface area contributed by atoms with E-state index in [-0.39, 0.29) is 5.54 Å². The SMILES string of the molecule is CC(C)Cc1ccc(C2(C)CC2CNC(C)(C)C)cc1. The Morgan fingerprint density at radius 2 is 1.80 bits per heavy atom. The lowest BCUT2D eigenvalue weighted by molar-refractivity contribution is 0.406. The summed E-state index contributed by atoms with van der Waals surface area (Å²) >= 11 is 0. The van der Waals surface area contributed by atoms with Gasteiger partial charge in [0.05, 0.1) is 0 Å². The van der Waals surface area contributed by atoms with Crippen LogP contribution in [0.2, 0.25) is 0 Å². The van der Waals surface area contributed by atoms with Gasteiger partial charge in [0.2, 0.25) is 0 Å². The van der Waals surface area contributed by atoms with Crippen molar-refractivity contribution in [1.82, 2.24) is 5.32 Å². The van der Waals surface area contributed by atoms with Crippen LogP contribution in [0.3, 0.4) is 0 Å². The lowest BCUT2D eigenvalue weighted by Gasteiger charge is -2.22. The fraction of sp³-hybridized carbons (Fsp3) is 0.684. The molecule has 1 aromatic carbocycles. The molecule has 2 rings (SSSR count). The van der Waals surface area contributed by atoms with Crippen molar-refractivity contribution in [2.24, 2.45) is 11.8 Å². The summed E-state index contributed by atoms with van der Waals surface area (Å²) in [6.45, 7) is 14.8. The monoisotopic (exact) mass is 273 g/mol. The molecule has 1 aliphatic carbocycles. The van der Waals surface area contributed by atoms with Crippen LogP contribution in [0.5, 0.6) is 0 Å². The second-order valence-electron chi connectivity index (χ2n) is 8.24. The third-order valence-corrected chi connectivity index (χ3v) is 4.55. The van der Waals surface area contributed by atoms with E-state index in [1.807, 2.05) is 0 Å². The summed E-state index contributed by atoms with van der Waals surface area (Å²) < 4.78 is 0. The van der Waals surface area contributed by atoms with Crippen LogP contribution in [0.25, 0.3) is 0 Å². The molecule has 0 bridgehead atoms. The molecule has 0 spiro atoms. The Balaban J connectivity index is 1.95. The predicted octanol–water partition coefficient (Wildman–Crippen LogP) is 4.55. The molecular weight excluding hydrogens is 242 g/mol. The van der Waals surface area contributed by atoms with Crippen LogP contribution in [-0.2, 0) is 11.8 Å². The van der Waals surface area contributed by atoms with Crippen molar-refractivity contribution in [1.29, 1.82) is 0 Å². The highest BCUT2D eigenvalue weighted by atomic mass is 15.0. The van der Waals surface area contributed by atoms with E-state index in [9.17, 15) is 0 Å². The van der Waals surface area contributed by atoms with E-state index in [1.165, 1.54) is 24.0 Å². The zero-order valence-corrected chi connectivity index (χ0v) is 14.1. The van der Waals surface area contributed by atoms with Crippen LogP contribution >= 0.6 is 0 Å². The summed E-state index contributed by atoms with van der Waals surface area (Å²) in [5.74, 6) is 1.53. The van der Waals surface area contributed by atoms with E-state index in [2.05, 4.69) is 71.1 Å². The lowest BCUT2D eigenvalue weighted by atomic mass is 9.93. The molecule has 112 valence electrons. The molecule has 0 amide bonds. The molecule has 0 aliphatic heterocycles. The molecule has 2 unspecified atom stereocenters. The van der Waals surface area contributed by atoms with Crippen LogP contribution in [-0.4, -0.2) is 12.1 Å². The van der Waals surface area contributed by atoms with Crippen LogP contribution in [0.1, 0.15) is 59.1 Å². The Morgan fingerprint density at radius 1 is 1.20 bits per heavy atom. The van der Waals surface area contributed by atoms with Gasteiger partial charge in [0.25, 0.3) is 0 Å². The number of hydrogen-bond acceptors (Lipinski definition) is 1. The topological polar surface area (TPSA) is 12.0 Å². The molecule has 20 heavy (non-hydrogen) atoms. The fourth-order valence-electron chi connectivity index (χ4n) is 3.03. The Kier molecular flexibility index (Phi) is 4.30. The van der Waals surface area contributed by atoms with Gasteiger partial charge in [-0.05, 0) is 68.5 Å². The average Bonchev–Trinajstić information content (AvgIpc) is 2.98. The van der Waals surface area contributed by atoms with Gasteiger partial charge in [-0.2, -0.15) is 0 Å². The summed E-state index contributed by atoms with van der Waals surface area (Å²) in [6.07, 6.45) is 2.51.